The van der Waals surface area contributed by atoms with Crippen LogP contribution in [-0.4, -0.2) is 22.6 Å². The van der Waals surface area contributed by atoms with Crippen LogP contribution in [0.2, 0.25) is 0 Å². The molecule has 1 saturated heterocycles. The number of aromatic nitrogens is 2. The minimum Gasteiger partial charge on any atom is -0.484 e. The summed E-state index contributed by atoms with van der Waals surface area (Å²) in [5.41, 5.74) is 6.78. The predicted molar refractivity (Wildman–Crippen MR) is 98.2 cm³/mol. The molecule has 4 rings (SSSR count). The van der Waals surface area contributed by atoms with E-state index in [1.165, 1.54) is 0 Å². The average Bonchev–Trinajstić information content (AvgIpc) is 3.35. The lowest BCUT2D eigenvalue weighted by atomic mass is 9.99. The van der Waals surface area contributed by atoms with Gasteiger partial charge in [0.05, 0.1) is 5.54 Å². The number of anilines is 1. The molecule has 2 aliphatic rings. The van der Waals surface area contributed by atoms with Crippen LogP contribution in [0.4, 0.5) is 5.69 Å². The molecule has 7 nitrogen and oxygen atoms in total. The fourth-order valence-electron chi connectivity index (χ4n) is 3.53. The maximum Gasteiger partial charge on any atom is 0.264 e. The van der Waals surface area contributed by atoms with Crippen molar-refractivity contribution in [1.82, 2.24) is 10.1 Å². The van der Waals surface area contributed by atoms with E-state index in [-0.39, 0.29) is 24.9 Å². The summed E-state index contributed by atoms with van der Waals surface area (Å²) in [6.07, 6.45) is 5.53. The van der Waals surface area contributed by atoms with Crippen LogP contribution in [0, 0.1) is 0 Å². The minimum absolute atomic E-state index is 0. The topological polar surface area (TPSA) is 94.5 Å². The molecule has 2 heterocycles. The smallest absolute Gasteiger partial charge is 0.264 e. The van der Waals surface area contributed by atoms with E-state index in [9.17, 15) is 4.79 Å². The molecule has 1 aromatic heterocycles. The third-order valence-corrected chi connectivity index (χ3v) is 4.99. The monoisotopic (exact) mass is 378 g/mol. The first-order valence-electron chi connectivity index (χ1n) is 8.79. The molecule has 1 aliphatic carbocycles. The number of halogens is 1. The van der Waals surface area contributed by atoms with Crippen LogP contribution in [0.25, 0.3) is 0 Å². The number of carbonyl (C=O) groups excluding carboxylic acids is 1. The van der Waals surface area contributed by atoms with E-state index >= 15 is 0 Å². The van der Waals surface area contributed by atoms with Gasteiger partial charge in [-0.1, -0.05) is 18.0 Å². The van der Waals surface area contributed by atoms with Crippen molar-refractivity contribution in [1.29, 1.82) is 0 Å². The van der Waals surface area contributed by atoms with Crippen molar-refractivity contribution in [2.75, 3.05) is 11.4 Å². The quantitative estimate of drug-likeness (QED) is 0.859. The Hall–Kier alpha value is -2.12. The van der Waals surface area contributed by atoms with Crippen molar-refractivity contribution in [2.45, 2.75) is 50.7 Å². The molecule has 2 N–H and O–H groups in total. The highest BCUT2D eigenvalue weighted by molar-refractivity contribution is 5.95. The maximum atomic E-state index is 11.8. The number of rotatable bonds is 5. The van der Waals surface area contributed by atoms with Gasteiger partial charge in [0.15, 0.2) is 12.4 Å². The highest BCUT2D eigenvalue weighted by atomic mass is 35.5. The Morgan fingerprint density at radius 1 is 1.19 bits per heavy atom. The third kappa shape index (κ3) is 3.68. The summed E-state index contributed by atoms with van der Waals surface area (Å²) in [5.74, 6) is 1.87. The van der Waals surface area contributed by atoms with Crippen molar-refractivity contribution < 1.29 is 14.1 Å². The number of hydrogen-bond donors (Lipinski definition) is 1. The van der Waals surface area contributed by atoms with E-state index in [1.807, 2.05) is 24.3 Å². The molecule has 0 radical (unpaired) electrons. The molecule has 0 unspecified atom stereocenters. The molecule has 0 spiro atoms. The van der Waals surface area contributed by atoms with E-state index in [1.54, 1.807) is 4.90 Å². The first-order chi connectivity index (χ1) is 12.1. The van der Waals surface area contributed by atoms with Gasteiger partial charge in [0, 0.05) is 18.7 Å². The Labute approximate surface area is 158 Å². The number of carbonyl (C=O) groups is 1. The second-order valence-electron chi connectivity index (χ2n) is 6.81. The highest BCUT2D eigenvalue weighted by Crippen LogP contribution is 2.34. The van der Waals surface area contributed by atoms with Gasteiger partial charge in [-0.15, -0.1) is 12.4 Å². The van der Waals surface area contributed by atoms with Gasteiger partial charge in [0.25, 0.3) is 5.89 Å². The molecular formula is C18H23ClN4O3. The van der Waals surface area contributed by atoms with Gasteiger partial charge in [-0.3, -0.25) is 4.79 Å². The molecule has 0 atom stereocenters. The predicted octanol–water partition coefficient (Wildman–Crippen LogP) is 2.93. The second kappa shape index (κ2) is 7.63. The fraction of sp³-hybridized carbons (Fsp3) is 0.500. The van der Waals surface area contributed by atoms with Gasteiger partial charge in [0.1, 0.15) is 5.75 Å². The molecular weight excluding hydrogens is 356 g/mol. The van der Waals surface area contributed by atoms with Crippen LogP contribution < -0.4 is 15.4 Å². The average molecular weight is 379 g/mol. The number of ether oxygens (including phenoxy) is 1. The summed E-state index contributed by atoms with van der Waals surface area (Å²) in [4.78, 5) is 18.0. The number of nitrogens with two attached hydrogens (primary N) is 1. The van der Waals surface area contributed by atoms with Crippen LogP contribution in [0.15, 0.2) is 28.8 Å². The van der Waals surface area contributed by atoms with E-state index in [0.29, 0.717) is 23.9 Å². The molecule has 26 heavy (non-hydrogen) atoms. The molecule has 2 aromatic rings. The number of hydrogen-bond acceptors (Lipinski definition) is 6. The van der Waals surface area contributed by atoms with Gasteiger partial charge < -0.3 is 19.9 Å². The van der Waals surface area contributed by atoms with E-state index in [0.717, 1.165) is 44.3 Å². The standard InChI is InChI=1S/C18H22N4O3.ClH/c19-18(9-1-2-10-18)17-20-15(25-21-17)12-24-14-7-5-13(6-8-14)22-11-3-4-16(22)23;/h5-8H,1-4,9-12,19H2;1H. The van der Waals surface area contributed by atoms with Crippen molar-refractivity contribution in [3.63, 3.8) is 0 Å². The molecule has 1 aliphatic heterocycles. The zero-order valence-corrected chi connectivity index (χ0v) is 15.3. The number of amides is 1. The molecule has 1 aromatic carbocycles. The normalized spacial score (nSPS) is 18.8. The lowest BCUT2D eigenvalue weighted by Gasteiger charge is -2.17. The van der Waals surface area contributed by atoms with E-state index < -0.39 is 5.54 Å². The second-order valence-corrected chi connectivity index (χ2v) is 6.81. The summed E-state index contributed by atoms with van der Waals surface area (Å²) >= 11 is 0. The first-order valence-corrected chi connectivity index (χ1v) is 8.79. The SMILES string of the molecule is Cl.NC1(c2noc(COc3ccc(N4CCCC4=O)cc3)n2)CCCC1. The molecule has 1 amide bonds. The fourth-order valence-corrected chi connectivity index (χ4v) is 3.53. The lowest BCUT2D eigenvalue weighted by molar-refractivity contribution is -0.117. The Kier molecular flexibility index (Phi) is 5.48. The van der Waals surface area contributed by atoms with Crippen molar-refractivity contribution in [3.8, 4) is 5.75 Å². The van der Waals surface area contributed by atoms with Crippen molar-refractivity contribution in [3.05, 3.63) is 36.0 Å². The zero-order chi connectivity index (χ0) is 17.3. The van der Waals surface area contributed by atoms with Gasteiger partial charge in [0.2, 0.25) is 5.91 Å². The van der Waals surface area contributed by atoms with Gasteiger partial charge >= 0.3 is 0 Å². The van der Waals surface area contributed by atoms with Gasteiger partial charge in [-0.2, -0.15) is 4.98 Å². The van der Waals surface area contributed by atoms with Gasteiger partial charge in [-0.05, 0) is 43.5 Å². The van der Waals surface area contributed by atoms with Crippen LogP contribution >= 0.6 is 12.4 Å². The highest BCUT2D eigenvalue weighted by Gasteiger charge is 2.36. The Balaban J connectivity index is 0.00000196. The number of nitrogens with zero attached hydrogens (tertiary/aromatic N) is 3. The number of benzene rings is 1. The van der Waals surface area contributed by atoms with Crippen LogP contribution in [-0.2, 0) is 16.9 Å². The first kappa shape index (κ1) is 18.7. The van der Waals surface area contributed by atoms with Gasteiger partial charge in [-0.25, -0.2) is 0 Å². The summed E-state index contributed by atoms with van der Waals surface area (Å²) < 4.78 is 11.0. The molecule has 140 valence electrons. The molecule has 0 bridgehead atoms. The Morgan fingerprint density at radius 2 is 1.92 bits per heavy atom. The minimum atomic E-state index is -0.453. The molecule has 8 heteroatoms. The summed E-state index contributed by atoms with van der Waals surface area (Å²) in [5, 5.41) is 4.02. The van der Waals surface area contributed by atoms with Crippen LogP contribution in [0.5, 0.6) is 5.75 Å². The third-order valence-electron chi connectivity index (χ3n) is 4.99. The van der Waals surface area contributed by atoms with E-state index in [2.05, 4.69) is 10.1 Å². The lowest BCUT2D eigenvalue weighted by Crippen LogP contribution is -2.34. The van der Waals surface area contributed by atoms with Crippen LogP contribution in [0.3, 0.4) is 0 Å². The van der Waals surface area contributed by atoms with E-state index in [4.69, 9.17) is 15.0 Å². The zero-order valence-electron chi connectivity index (χ0n) is 14.5. The van der Waals surface area contributed by atoms with Crippen LogP contribution in [0.1, 0.15) is 50.2 Å². The summed E-state index contributed by atoms with van der Waals surface area (Å²) in [6, 6.07) is 7.48. The van der Waals surface area contributed by atoms with Crippen molar-refractivity contribution in [2.24, 2.45) is 5.73 Å². The summed E-state index contributed by atoms with van der Waals surface area (Å²) in [6.45, 7) is 0.982. The molecule has 2 fully saturated rings. The molecule has 1 saturated carbocycles. The Morgan fingerprint density at radius 3 is 2.58 bits per heavy atom. The Bertz CT molecular complexity index is 756. The summed E-state index contributed by atoms with van der Waals surface area (Å²) in [7, 11) is 0. The van der Waals surface area contributed by atoms with Crippen molar-refractivity contribution >= 4 is 24.0 Å². The maximum absolute atomic E-state index is 11.8. The largest absolute Gasteiger partial charge is 0.484 e.